The molecule has 0 saturated carbocycles. The molecule has 0 saturated heterocycles. The normalized spacial score (nSPS) is 10.8. The van der Waals surface area contributed by atoms with Crippen molar-refractivity contribution in [2.24, 2.45) is 0 Å². The highest BCUT2D eigenvalue weighted by Gasteiger charge is 2.12. The lowest BCUT2D eigenvalue weighted by Gasteiger charge is -2.07. The van der Waals surface area contributed by atoms with Crippen molar-refractivity contribution in [1.82, 2.24) is 0 Å². The molecule has 0 heterocycles. The average Bonchev–Trinajstić information content (AvgIpc) is 2.00. The van der Waals surface area contributed by atoms with Crippen molar-refractivity contribution in [2.75, 3.05) is 0 Å². The molecule has 4 heteroatoms. The Morgan fingerprint density at radius 1 is 1.42 bits per heavy atom. The van der Waals surface area contributed by atoms with Crippen LogP contribution in [0.4, 0.5) is 4.39 Å². The molecule has 0 aliphatic heterocycles. The Labute approximate surface area is 74.2 Å². The molecule has 0 aliphatic rings. The molecule has 1 aromatic rings. The van der Waals surface area contributed by atoms with Crippen molar-refractivity contribution in [1.29, 1.82) is 0 Å². The van der Waals surface area contributed by atoms with Crippen LogP contribution in [0.1, 0.15) is 17.4 Å². The molecular weight excluding hydrogens is 183 g/mol. The molecular formula is C8H8ClFO2. The summed E-state index contributed by atoms with van der Waals surface area (Å²) in [7, 11) is 0. The van der Waals surface area contributed by atoms with Crippen molar-refractivity contribution in [3.05, 3.63) is 34.1 Å². The first kappa shape index (κ1) is 9.45. The highest BCUT2D eigenvalue weighted by Crippen LogP contribution is 2.24. The number of benzene rings is 1. The molecule has 0 fully saturated rings. The van der Waals surface area contributed by atoms with Gasteiger partial charge in [-0.05, 0) is 19.1 Å². The topological polar surface area (TPSA) is 40.5 Å². The van der Waals surface area contributed by atoms with E-state index in [1.54, 1.807) is 0 Å². The first-order chi connectivity index (χ1) is 5.54. The number of aliphatic hydroxyl groups excluding tert-OH is 1. The van der Waals surface area contributed by atoms with E-state index in [0.717, 1.165) is 0 Å². The van der Waals surface area contributed by atoms with Gasteiger partial charge in [0.15, 0.2) is 6.29 Å². The maximum absolute atomic E-state index is 13.1. The van der Waals surface area contributed by atoms with E-state index in [2.05, 4.69) is 0 Å². The van der Waals surface area contributed by atoms with Crippen molar-refractivity contribution in [3.8, 4) is 0 Å². The Balaban J connectivity index is 3.27. The summed E-state index contributed by atoms with van der Waals surface area (Å²) in [5.74, 6) is -0.669. The van der Waals surface area contributed by atoms with E-state index in [1.807, 2.05) is 0 Å². The number of hydrogen-bond acceptors (Lipinski definition) is 2. The zero-order valence-electron chi connectivity index (χ0n) is 6.38. The van der Waals surface area contributed by atoms with Gasteiger partial charge in [0.25, 0.3) is 0 Å². The van der Waals surface area contributed by atoms with Crippen LogP contribution in [-0.2, 0) is 0 Å². The van der Waals surface area contributed by atoms with Gasteiger partial charge in [0.1, 0.15) is 5.82 Å². The first-order valence-corrected chi connectivity index (χ1v) is 3.72. The lowest BCUT2D eigenvalue weighted by atomic mass is 10.1. The van der Waals surface area contributed by atoms with Crippen LogP contribution in [-0.4, -0.2) is 10.2 Å². The first-order valence-electron chi connectivity index (χ1n) is 3.34. The molecule has 1 aromatic carbocycles. The van der Waals surface area contributed by atoms with Gasteiger partial charge >= 0.3 is 0 Å². The molecule has 0 aliphatic carbocycles. The van der Waals surface area contributed by atoms with Gasteiger partial charge < -0.3 is 10.2 Å². The fraction of sp³-hybridized carbons (Fsp3) is 0.250. The standard InChI is InChI=1S/C8H8ClFO2/c1-4-6(9)3-2-5(7(4)10)8(11)12/h2-3,8,11-12H,1H3. The zero-order valence-corrected chi connectivity index (χ0v) is 7.14. The second-order valence-corrected chi connectivity index (χ2v) is 2.86. The van der Waals surface area contributed by atoms with Gasteiger partial charge in [0, 0.05) is 16.1 Å². The fourth-order valence-electron chi connectivity index (χ4n) is 0.882. The van der Waals surface area contributed by atoms with E-state index in [0.29, 0.717) is 0 Å². The van der Waals surface area contributed by atoms with E-state index in [4.69, 9.17) is 21.8 Å². The number of rotatable bonds is 1. The summed E-state index contributed by atoms with van der Waals surface area (Å²) in [6.07, 6.45) is -1.79. The fourth-order valence-corrected chi connectivity index (χ4v) is 1.03. The molecule has 0 amide bonds. The predicted molar refractivity (Wildman–Crippen MR) is 43.3 cm³/mol. The molecule has 0 radical (unpaired) electrons. The lowest BCUT2D eigenvalue weighted by Crippen LogP contribution is -2.00. The van der Waals surface area contributed by atoms with Crippen molar-refractivity contribution < 1.29 is 14.6 Å². The third-order valence-electron chi connectivity index (χ3n) is 1.63. The van der Waals surface area contributed by atoms with Crippen molar-refractivity contribution in [2.45, 2.75) is 13.2 Å². The Kier molecular flexibility index (Phi) is 2.67. The zero-order chi connectivity index (χ0) is 9.30. The van der Waals surface area contributed by atoms with Crippen molar-refractivity contribution in [3.63, 3.8) is 0 Å². The summed E-state index contributed by atoms with van der Waals surface area (Å²) < 4.78 is 13.1. The third-order valence-corrected chi connectivity index (χ3v) is 2.04. The van der Waals surface area contributed by atoms with Gasteiger partial charge in [-0.15, -0.1) is 0 Å². The van der Waals surface area contributed by atoms with E-state index in [-0.39, 0.29) is 16.1 Å². The summed E-state index contributed by atoms with van der Waals surface area (Å²) >= 11 is 5.59. The molecule has 2 nitrogen and oxygen atoms in total. The Bertz CT molecular complexity index is 299. The Morgan fingerprint density at radius 2 is 2.00 bits per heavy atom. The predicted octanol–water partition coefficient (Wildman–Crippen LogP) is 1.77. The van der Waals surface area contributed by atoms with Crippen LogP contribution >= 0.6 is 11.6 Å². The number of halogens is 2. The SMILES string of the molecule is Cc1c(Cl)ccc(C(O)O)c1F. The lowest BCUT2D eigenvalue weighted by molar-refractivity contribution is -0.0450. The maximum atomic E-state index is 13.1. The van der Waals surface area contributed by atoms with Crippen molar-refractivity contribution >= 4 is 11.6 Å². The molecule has 1 rings (SSSR count). The summed E-state index contributed by atoms with van der Waals surface area (Å²) in [5, 5.41) is 17.7. The van der Waals surface area contributed by atoms with E-state index >= 15 is 0 Å². The monoisotopic (exact) mass is 190 g/mol. The van der Waals surface area contributed by atoms with Crippen LogP contribution in [0.3, 0.4) is 0 Å². The minimum atomic E-state index is -1.79. The maximum Gasteiger partial charge on any atom is 0.181 e. The molecule has 0 atom stereocenters. The Hall–Kier alpha value is -0.640. The highest BCUT2D eigenvalue weighted by atomic mass is 35.5. The second-order valence-electron chi connectivity index (χ2n) is 2.45. The smallest absolute Gasteiger partial charge is 0.181 e. The third kappa shape index (κ3) is 1.58. The molecule has 0 spiro atoms. The minimum Gasteiger partial charge on any atom is -0.364 e. The largest absolute Gasteiger partial charge is 0.364 e. The molecule has 0 unspecified atom stereocenters. The van der Waals surface area contributed by atoms with Crippen LogP contribution in [0.2, 0.25) is 5.02 Å². The Morgan fingerprint density at radius 3 is 2.50 bits per heavy atom. The van der Waals surface area contributed by atoms with Gasteiger partial charge in [-0.1, -0.05) is 11.6 Å². The summed E-state index contributed by atoms with van der Waals surface area (Å²) in [4.78, 5) is 0. The molecule has 0 bridgehead atoms. The van der Waals surface area contributed by atoms with Gasteiger partial charge in [0.2, 0.25) is 0 Å². The van der Waals surface area contributed by atoms with Crippen LogP contribution < -0.4 is 0 Å². The number of hydrogen-bond donors (Lipinski definition) is 2. The molecule has 12 heavy (non-hydrogen) atoms. The van der Waals surface area contributed by atoms with Gasteiger partial charge in [-0.25, -0.2) is 4.39 Å². The van der Waals surface area contributed by atoms with Crippen LogP contribution in [0.15, 0.2) is 12.1 Å². The molecule has 0 aromatic heterocycles. The minimum absolute atomic E-state index is 0.156. The van der Waals surface area contributed by atoms with Gasteiger partial charge in [-0.2, -0.15) is 0 Å². The van der Waals surface area contributed by atoms with E-state index < -0.39 is 12.1 Å². The van der Waals surface area contributed by atoms with E-state index in [1.165, 1.54) is 19.1 Å². The summed E-state index contributed by atoms with van der Waals surface area (Å²) in [6, 6.07) is 2.67. The molecule has 66 valence electrons. The van der Waals surface area contributed by atoms with E-state index in [9.17, 15) is 4.39 Å². The quantitative estimate of drug-likeness (QED) is 0.663. The van der Waals surface area contributed by atoms with Crippen LogP contribution in [0, 0.1) is 12.7 Å². The highest BCUT2D eigenvalue weighted by molar-refractivity contribution is 6.31. The average molecular weight is 191 g/mol. The summed E-state index contributed by atoms with van der Waals surface area (Å²) in [6.45, 7) is 1.48. The van der Waals surface area contributed by atoms with Crippen LogP contribution in [0.25, 0.3) is 0 Å². The van der Waals surface area contributed by atoms with Gasteiger partial charge in [0.05, 0.1) is 0 Å². The van der Waals surface area contributed by atoms with Crippen LogP contribution in [0.5, 0.6) is 0 Å². The van der Waals surface area contributed by atoms with Gasteiger partial charge in [-0.3, -0.25) is 0 Å². The molecule has 2 N–H and O–H groups in total. The summed E-state index contributed by atoms with van der Waals surface area (Å²) in [5.41, 5.74) is 0.0687. The number of aliphatic hydroxyl groups is 2. The second kappa shape index (κ2) is 3.39.